The third-order valence-electron chi connectivity index (χ3n) is 3.79. The van der Waals surface area contributed by atoms with Crippen LogP contribution in [-0.2, 0) is 0 Å². The molecule has 0 bridgehead atoms. The van der Waals surface area contributed by atoms with Gasteiger partial charge in [-0.25, -0.2) is 0 Å². The van der Waals surface area contributed by atoms with Crippen molar-refractivity contribution in [2.75, 3.05) is 0 Å². The second-order valence-electron chi connectivity index (χ2n) is 5.49. The van der Waals surface area contributed by atoms with E-state index in [-0.39, 0.29) is 16.3 Å². The summed E-state index contributed by atoms with van der Waals surface area (Å²) in [5, 5.41) is 0. The third-order valence-corrected chi connectivity index (χ3v) is 6.10. The van der Waals surface area contributed by atoms with Gasteiger partial charge < -0.3 is 1.43 Å². The van der Waals surface area contributed by atoms with Crippen LogP contribution in [0.25, 0.3) is 0 Å². The van der Waals surface area contributed by atoms with Gasteiger partial charge in [-0.2, -0.15) is 0 Å². The molecule has 0 radical (unpaired) electrons. The van der Waals surface area contributed by atoms with Crippen LogP contribution in [-0.4, -0.2) is 20.5 Å². The molecule has 2 heteroatoms. The number of hydrogen-bond acceptors (Lipinski definition) is 0. The Morgan fingerprint density at radius 2 is 0.812 bits per heavy atom. The molecule has 16 heavy (non-hydrogen) atoms. The van der Waals surface area contributed by atoms with Crippen LogP contribution in [0, 0.1) is 0 Å². The highest BCUT2D eigenvalue weighted by molar-refractivity contribution is 6.11. The molecular weight excluding hydrogens is 224 g/mol. The van der Waals surface area contributed by atoms with Crippen LogP contribution in [0.5, 0.6) is 0 Å². The van der Waals surface area contributed by atoms with Crippen molar-refractivity contribution in [2.24, 2.45) is 0 Å². The molecule has 0 atom stereocenters. The fourth-order valence-electron chi connectivity index (χ4n) is 2.61. The molecule has 0 aromatic heterocycles. The van der Waals surface area contributed by atoms with Gasteiger partial charge in [-0.05, 0) is 0 Å². The average molecular weight is 262 g/mol. The smallest absolute Gasteiger partial charge is 0.00672 e. The molecule has 0 aromatic rings. The topological polar surface area (TPSA) is 0 Å². The van der Waals surface area contributed by atoms with E-state index < -0.39 is 0 Å². The molecule has 0 heterocycles. The summed E-state index contributed by atoms with van der Waals surface area (Å²) >= 11 is 0. The largest absolute Gasteiger partial charge is 1.00 e. The molecule has 0 spiro atoms. The molecule has 0 saturated heterocycles. The lowest BCUT2D eigenvalue weighted by Gasteiger charge is -2.15. The van der Waals surface area contributed by atoms with Crippen LogP contribution >= 0.6 is 0 Å². The van der Waals surface area contributed by atoms with Crippen LogP contribution in [0.1, 0.15) is 80.5 Å². The highest BCUT2D eigenvalue weighted by Crippen LogP contribution is 2.25. The zero-order chi connectivity index (χ0) is 10.2. The van der Waals surface area contributed by atoms with Gasteiger partial charge in [0.05, 0.1) is 0 Å². The molecule has 2 aliphatic rings. The van der Waals surface area contributed by atoms with E-state index in [1.54, 1.807) is 25.7 Å². The zero-order valence-electron chi connectivity index (χ0n) is 11.2. The predicted octanol–water partition coefficient (Wildman–Crippen LogP) is 3.59. The van der Waals surface area contributed by atoms with Crippen molar-refractivity contribution in [2.45, 2.75) is 90.1 Å². The second-order valence-corrected chi connectivity index (χ2v) is 8.75. The molecule has 0 amide bonds. The maximum atomic E-state index is 1.55. The molecule has 0 aromatic carbocycles. The predicted molar refractivity (Wildman–Crippen MR) is 88.1 cm³/mol. The second kappa shape index (κ2) is 11.9. The van der Waals surface area contributed by atoms with Gasteiger partial charge >= 0.3 is 0 Å². The van der Waals surface area contributed by atoms with Crippen LogP contribution in [0.2, 0.25) is 11.1 Å². The lowest BCUT2D eigenvalue weighted by molar-refractivity contribution is 0.504. The van der Waals surface area contributed by atoms with Crippen molar-refractivity contribution in [3.63, 3.8) is 0 Å². The van der Waals surface area contributed by atoms with E-state index in [0.29, 0.717) is 0 Å². The molecule has 2 saturated carbocycles. The highest BCUT2D eigenvalue weighted by atomic mass is 28.1. The molecule has 0 aliphatic heterocycles. The summed E-state index contributed by atoms with van der Waals surface area (Å²) in [6.45, 7) is 0. The van der Waals surface area contributed by atoms with Gasteiger partial charge in [0.2, 0.25) is 0 Å². The molecule has 2 fully saturated rings. The Bertz CT molecular complexity index is 114. The summed E-state index contributed by atoms with van der Waals surface area (Å²) < 4.78 is 0. The first-order chi connectivity index (χ1) is 6.79. The van der Waals surface area contributed by atoms with E-state index in [9.17, 15) is 0 Å². The molecule has 2 aliphatic carbocycles. The van der Waals surface area contributed by atoms with Crippen molar-refractivity contribution >= 4 is 20.5 Å². The quantitative estimate of drug-likeness (QED) is 0.585. The number of hydrogen-bond donors (Lipinski definition) is 0. The van der Waals surface area contributed by atoms with Gasteiger partial charge in [-0.15, -0.1) is 0 Å². The Morgan fingerprint density at radius 1 is 0.562 bits per heavy atom. The minimum Gasteiger partial charge on any atom is -1.00 e. The summed E-state index contributed by atoms with van der Waals surface area (Å²) in [5.41, 5.74) is 2.35. The highest BCUT2D eigenvalue weighted by Gasteiger charge is 2.06. The first-order valence-electron chi connectivity index (χ1n) is 6.79. The lowest BCUT2D eigenvalue weighted by Crippen LogP contribution is -1.98. The Kier molecular flexibility index (Phi) is 14.0. The van der Waals surface area contributed by atoms with E-state index in [1.165, 1.54) is 70.1 Å². The fourth-order valence-corrected chi connectivity index (χ4v) is 4.25. The van der Waals surface area contributed by atoms with Gasteiger partial charge in [0.25, 0.3) is 0 Å². The van der Waals surface area contributed by atoms with Crippen molar-refractivity contribution in [1.29, 1.82) is 0 Å². The summed E-state index contributed by atoms with van der Waals surface area (Å²) in [6.07, 6.45) is 15.3. The van der Waals surface area contributed by atoms with Crippen molar-refractivity contribution in [3.8, 4) is 0 Å². The first-order valence-corrected chi connectivity index (χ1v) is 9.10. The third kappa shape index (κ3) is 9.64. The summed E-state index contributed by atoms with van der Waals surface area (Å²) in [4.78, 5) is 0. The van der Waals surface area contributed by atoms with Crippen molar-refractivity contribution in [1.82, 2.24) is 0 Å². The van der Waals surface area contributed by atoms with Gasteiger partial charge in [0.15, 0.2) is 0 Å². The van der Waals surface area contributed by atoms with E-state index in [0.717, 1.165) is 0 Å². The molecule has 0 unspecified atom stereocenters. The van der Waals surface area contributed by atoms with Crippen LogP contribution in [0.3, 0.4) is 0 Å². The Balaban J connectivity index is -0.000000196. The minimum absolute atomic E-state index is 0. The molecular formula is C14H37Si2-. The first kappa shape index (κ1) is 18.8. The van der Waals surface area contributed by atoms with Gasteiger partial charge in [-0.3, -0.25) is 0 Å². The summed E-state index contributed by atoms with van der Waals surface area (Å²) in [5.74, 6) is 0. The van der Waals surface area contributed by atoms with Gasteiger partial charge in [0, 0.05) is 20.5 Å². The summed E-state index contributed by atoms with van der Waals surface area (Å²) in [7, 11) is 2.90. The van der Waals surface area contributed by atoms with E-state index in [1.807, 2.05) is 0 Å². The minimum atomic E-state index is 0. The van der Waals surface area contributed by atoms with Crippen LogP contribution < -0.4 is 0 Å². The molecule has 102 valence electrons. The number of rotatable bonds is 0. The lowest BCUT2D eigenvalue weighted by atomic mass is 10.0. The van der Waals surface area contributed by atoms with E-state index in [4.69, 9.17) is 0 Å². The van der Waals surface area contributed by atoms with Crippen molar-refractivity contribution in [3.05, 3.63) is 0 Å². The fraction of sp³-hybridized carbons (Fsp3) is 1.00. The Morgan fingerprint density at radius 3 is 0.938 bits per heavy atom. The van der Waals surface area contributed by atoms with Gasteiger partial charge in [0.1, 0.15) is 0 Å². The van der Waals surface area contributed by atoms with Crippen LogP contribution in [0.15, 0.2) is 0 Å². The normalized spacial score (nSPS) is 22.5. The van der Waals surface area contributed by atoms with E-state index >= 15 is 0 Å². The SMILES string of the molecule is C.C.[H-].[SiH3]C1CCCCC1.[SiH3]C1CCCCC1. The Labute approximate surface area is 112 Å². The van der Waals surface area contributed by atoms with Crippen molar-refractivity contribution < 1.29 is 1.43 Å². The van der Waals surface area contributed by atoms with Crippen LogP contribution in [0.4, 0.5) is 0 Å². The van der Waals surface area contributed by atoms with Gasteiger partial charge in [-0.1, -0.05) is 90.1 Å². The summed E-state index contributed by atoms with van der Waals surface area (Å²) in [6, 6.07) is 0. The average Bonchev–Trinajstić information content (AvgIpc) is 2.21. The maximum Gasteiger partial charge on any atom is 0.00672 e. The zero-order valence-corrected chi connectivity index (χ0v) is 14.2. The molecule has 2 rings (SSSR count). The Hall–Kier alpha value is 0.434. The maximum absolute atomic E-state index is 1.55. The van der Waals surface area contributed by atoms with E-state index in [2.05, 4.69) is 0 Å². The monoisotopic (exact) mass is 261 g/mol. The molecule has 0 N–H and O–H groups in total. The standard InChI is InChI=1S/2C6H14Si.2CH4.H/c2*7-6-4-2-1-3-5-6;;;/h2*6H,1-5H2,7H3;2*1H4;/q;;;;-1. The molecule has 0 nitrogen and oxygen atoms in total.